The largest absolute Gasteiger partial charge is 0.454 e. The number of likely N-dealkylation sites (N-methyl/N-ethyl adjacent to an activating group) is 1. The van der Waals surface area contributed by atoms with Gasteiger partial charge in [-0.1, -0.05) is 19.3 Å². The average Bonchev–Trinajstić information content (AvgIpc) is 2.95. The first-order chi connectivity index (χ1) is 10.7. The van der Waals surface area contributed by atoms with E-state index < -0.39 is 0 Å². The molecule has 1 amide bonds. The van der Waals surface area contributed by atoms with Crippen LogP contribution >= 0.6 is 0 Å². The molecule has 22 heavy (non-hydrogen) atoms. The van der Waals surface area contributed by atoms with Gasteiger partial charge in [0.1, 0.15) is 0 Å². The van der Waals surface area contributed by atoms with Crippen molar-refractivity contribution >= 4 is 11.6 Å². The molecule has 1 saturated carbocycles. The maximum absolute atomic E-state index is 12.1. The van der Waals surface area contributed by atoms with E-state index in [0.717, 1.165) is 23.9 Å². The van der Waals surface area contributed by atoms with Crippen LogP contribution in [-0.4, -0.2) is 37.7 Å². The summed E-state index contributed by atoms with van der Waals surface area (Å²) >= 11 is 0. The number of benzene rings is 1. The Kier molecular flexibility index (Phi) is 4.83. The van der Waals surface area contributed by atoms with Crippen LogP contribution in [0, 0.1) is 5.92 Å². The number of ether oxygens (including phenoxy) is 2. The molecule has 3 rings (SSSR count). The Bertz CT molecular complexity index is 527. The zero-order valence-electron chi connectivity index (χ0n) is 13.1. The maximum Gasteiger partial charge on any atom is 0.238 e. The Hall–Kier alpha value is -1.75. The zero-order valence-corrected chi connectivity index (χ0v) is 13.1. The third-order valence-electron chi connectivity index (χ3n) is 4.36. The van der Waals surface area contributed by atoms with Crippen molar-refractivity contribution in [3.05, 3.63) is 18.2 Å². The fourth-order valence-corrected chi connectivity index (χ4v) is 3.29. The minimum atomic E-state index is 0.0113. The number of hydrogen-bond acceptors (Lipinski definition) is 4. The van der Waals surface area contributed by atoms with Gasteiger partial charge in [0.25, 0.3) is 0 Å². The van der Waals surface area contributed by atoms with Crippen LogP contribution in [0.4, 0.5) is 5.69 Å². The predicted octanol–water partition coefficient (Wildman–Crippen LogP) is 2.87. The number of amides is 1. The summed E-state index contributed by atoms with van der Waals surface area (Å²) in [5, 5.41) is 2.92. The van der Waals surface area contributed by atoms with Gasteiger partial charge >= 0.3 is 0 Å². The Morgan fingerprint density at radius 3 is 2.82 bits per heavy atom. The molecule has 120 valence electrons. The molecule has 5 nitrogen and oxygen atoms in total. The van der Waals surface area contributed by atoms with E-state index in [1.54, 1.807) is 6.07 Å². The lowest BCUT2D eigenvalue weighted by atomic mass is 9.89. The van der Waals surface area contributed by atoms with E-state index in [1.807, 2.05) is 19.2 Å². The molecule has 1 aliphatic carbocycles. The lowest BCUT2D eigenvalue weighted by Crippen LogP contribution is -2.34. The van der Waals surface area contributed by atoms with Crippen molar-refractivity contribution in [1.82, 2.24) is 4.90 Å². The van der Waals surface area contributed by atoms with Crippen molar-refractivity contribution in [2.75, 3.05) is 32.2 Å². The van der Waals surface area contributed by atoms with Gasteiger partial charge in [-0.15, -0.1) is 0 Å². The van der Waals surface area contributed by atoms with Crippen molar-refractivity contribution in [3.63, 3.8) is 0 Å². The van der Waals surface area contributed by atoms with Gasteiger partial charge in [0, 0.05) is 18.3 Å². The van der Waals surface area contributed by atoms with Gasteiger partial charge in [-0.05, 0) is 37.9 Å². The molecular formula is C17H24N2O3. The van der Waals surface area contributed by atoms with Crippen LogP contribution in [0.25, 0.3) is 0 Å². The van der Waals surface area contributed by atoms with Crippen LogP contribution in [0.15, 0.2) is 18.2 Å². The van der Waals surface area contributed by atoms with Crippen molar-refractivity contribution in [3.8, 4) is 11.5 Å². The van der Waals surface area contributed by atoms with Crippen molar-refractivity contribution in [2.45, 2.75) is 32.1 Å². The van der Waals surface area contributed by atoms with Crippen LogP contribution in [0.1, 0.15) is 32.1 Å². The highest BCUT2D eigenvalue weighted by Gasteiger charge is 2.18. The van der Waals surface area contributed by atoms with Gasteiger partial charge in [0.15, 0.2) is 11.5 Å². The first kappa shape index (κ1) is 15.2. The Labute approximate surface area is 131 Å². The van der Waals surface area contributed by atoms with Crippen molar-refractivity contribution in [2.24, 2.45) is 5.92 Å². The summed E-state index contributed by atoms with van der Waals surface area (Å²) in [5.41, 5.74) is 0.750. The van der Waals surface area contributed by atoms with Crippen LogP contribution in [-0.2, 0) is 4.79 Å². The van der Waals surface area contributed by atoms with E-state index in [9.17, 15) is 4.79 Å². The maximum atomic E-state index is 12.1. The summed E-state index contributed by atoms with van der Waals surface area (Å²) in [7, 11) is 2.02. The van der Waals surface area contributed by atoms with E-state index in [-0.39, 0.29) is 12.7 Å². The van der Waals surface area contributed by atoms with Crippen LogP contribution in [0.3, 0.4) is 0 Å². The molecule has 2 aliphatic rings. The highest BCUT2D eigenvalue weighted by Crippen LogP contribution is 2.34. The minimum Gasteiger partial charge on any atom is -0.454 e. The van der Waals surface area contributed by atoms with Gasteiger partial charge < -0.3 is 14.8 Å². The second kappa shape index (κ2) is 7.01. The van der Waals surface area contributed by atoms with Gasteiger partial charge in [-0.2, -0.15) is 0 Å². The third kappa shape index (κ3) is 3.91. The van der Waals surface area contributed by atoms with Gasteiger partial charge in [0.05, 0.1) is 6.54 Å². The lowest BCUT2D eigenvalue weighted by molar-refractivity contribution is -0.117. The van der Waals surface area contributed by atoms with Crippen molar-refractivity contribution in [1.29, 1.82) is 0 Å². The number of anilines is 1. The molecule has 0 aromatic heterocycles. The summed E-state index contributed by atoms with van der Waals surface area (Å²) in [6, 6.07) is 5.47. The van der Waals surface area contributed by atoms with E-state index in [0.29, 0.717) is 12.3 Å². The Balaban J connectivity index is 1.47. The SMILES string of the molecule is CN(CC(=O)Nc1ccc2c(c1)OCO2)CC1CCCCC1. The number of nitrogens with zero attached hydrogens (tertiary/aromatic N) is 1. The molecule has 1 aliphatic heterocycles. The van der Waals surface area contributed by atoms with E-state index in [2.05, 4.69) is 10.2 Å². The highest BCUT2D eigenvalue weighted by atomic mass is 16.7. The second-order valence-corrected chi connectivity index (χ2v) is 6.32. The second-order valence-electron chi connectivity index (χ2n) is 6.32. The van der Waals surface area contributed by atoms with E-state index >= 15 is 0 Å². The number of hydrogen-bond donors (Lipinski definition) is 1. The summed E-state index contributed by atoms with van der Waals surface area (Å²) < 4.78 is 10.6. The van der Waals surface area contributed by atoms with E-state index in [1.165, 1.54) is 32.1 Å². The summed E-state index contributed by atoms with van der Waals surface area (Å²) in [6.45, 7) is 1.68. The summed E-state index contributed by atoms with van der Waals surface area (Å²) in [4.78, 5) is 14.3. The fraction of sp³-hybridized carbons (Fsp3) is 0.588. The average molecular weight is 304 g/mol. The third-order valence-corrected chi connectivity index (χ3v) is 4.36. The van der Waals surface area contributed by atoms with E-state index in [4.69, 9.17) is 9.47 Å². The Morgan fingerprint density at radius 1 is 1.23 bits per heavy atom. The molecule has 1 N–H and O–H groups in total. The molecule has 0 spiro atoms. The number of carbonyl (C=O) groups excluding carboxylic acids is 1. The quantitative estimate of drug-likeness (QED) is 0.909. The smallest absolute Gasteiger partial charge is 0.238 e. The Morgan fingerprint density at radius 2 is 2.00 bits per heavy atom. The predicted molar refractivity (Wildman–Crippen MR) is 85.3 cm³/mol. The molecule has 1 heterocycles. The minimum absolute atomic E-state index is 0.0113. The first-order valence-electron chi connectivity index (χ1n) is 8.09. The molecule has 0 atom stereocenters. The lowest BCUT2D eigenvalue weighted by Gasteiger charge is -2.26. The van der Waals surface area contributed by atoms with Crippen LogP contribution in [0.2, 0.25) is 0 Å². The number of nitrogens with one attached hydrogen (secondary N) is 1. The summed E-state index contributed by atoms with van der Waals surface area (Å²) in [6.07, 6.45) is 6.64. The highest BCUT2D eigenvalue weighted by molar-refractivity contribution is 5.92. The molecule has 1 fully saturated rings. The van der Waals surface area contributed by atoms with Crippen molar-refractivity contribution < 1.29 is 14.3 Å². The standard InChI is InChI=1S/C17H24N2O3/c1-19(10-13-5-3-2-4-6-13)11-17(20)18-14-7-8-15-16(9-14)22-12-21-15/h7-9,13H,2-6,10-12H2,1H3,(H,18,20). The molecule has 0 radical (unpaired) electrons. The molecule has 0 saturated heterocycles. The normalized spacial score (nSPS) is 17.7. The zero-order chi connectivity index (χ0) is 15.4. The molecule has 0 bridgehead atoms. The van der Waals surface area contributed by atoms with Crippen LogP contribution in [0.5, 0.6) is 11.5 Å². The van der Waals surface area contributed by atoms with Crippen LogP contribution < -0.4 is 14.8 Å². The molecule has 1 aromatic carbocycles. The molecular weight excluding hydrogens is 280 g/mol. The number of fused-ring (bicyclic) bond motifs is 1. The number of rotatable bonds is 5. The van der Waals surface area contributed by atoms with Gasteiger partial charge in [-0.25, -0.2) is 0 Å². The monoisotopic (exact) mass is 304 g/mol. The fourth-order valence-electron chi connectivity index (χ4n) is 3.29. The molecule has 0 unspecified atom stereocenters. The molecule has 1 aromatic rings. The first-order valence-corrected chi connectivity index (χ1v) is 8.09. The topological polar surface area (TPSA) is 50.8 Å². The molecule has 5 heteroatoms. The summed E-state index contributed by atoms with van der Waals surface area (Å²) in [5.74, 6) is 2.18. The number of carbonyl (C=O) groups is 1. The van der Waals surface area contributed by atoms with Gasteiger partial charge in [0.2, 0.25) is 12.7 Å². The van der Waals surface area contributed by atoms with Gasteiger partial charge in [-0.3, -0.25) is 9.69 Å².